The van der Waals surface area contributed by atoms with Crippen molar-refractivity contribution in [2.45, 2.75) is 115 Å². The van der Waals surface area contributed by atoms with Gasteiger partial charge in [0.25, 0.3) is 3.79 Å². The predicted octanol–water partition coefficient (Wildman–Crippen LogP) is 14.4. The van der Waals surface area contributed by atoms with Crippen LogP contribution in [0.3, 0.4) is 0 Å². The molecule has 0 bridgehead atoms. The Morgan fingerprint density at radius 3 is 1.23 bits per heavy atom. The summed E-state index contributed by atoms with van der Waals surface area (Å²) in [4.78, 5) is 23.1. The number of hydrogen-bond acceptors (Lipinski definition) is 12. The number of aliphatic hydroxyl groups is 2. The van der Waals surface area contributed by atoms with Gasteiger partial charge in [-0.25, -0.2) is 0 Å². The number of halogens is 3. The van der Waals surface area contributed by atoms with Gasteiger partial charge < -0.3 is 43.4 Å². The van der Waals surface area contributed by atoms with Gasteiger partial charge in [-0.05, 0) is 129 Å². The van der Waals surface area contributed by atoms with Crippen LogP contribution < -0.4 is 14.2 Å². The molecule has 4 atom stereocenters. The molecule has 0 saturated heterocycles. The van der Waals surface area contributed by atoms with E-state index in [1.807, 2.05) is 91.9 Å². The molecule has 6 aromatic rings. The van der Waals surface area contributed by atoms with Crippen LogP contribution in [0.25, 0.3) is 0 Å². The highest BCUT2D eigenvalue weighted by Gasteiger charge is 2.32. The fourth-order valence-corrected chi connectivity index (χ4v) is 8.22. The van der Waals surface area contributed by atoms with Gasteiger partial charge >= 0.3 is 11.9 Å². The first-order valence-electron chi connectivity index (χ1n) is 26.6. The molecule has 3 N–H and O–H groups in total. The van der Waals surface area contributed by atoms with E-state index in [1.54, 1.807) is 12.2 Å². The van der Waals surface area contributed by atoms with E-state index < -0.39 is 9.69 Å². The molecule has 2 aliphatic rings. The van der Waals surface area contributed by atoms with Crippen molar-refractivity contribution >= 4 is 52.6 Å². The number of benzene rings is 6. The second-order valence-electron chi connectivity index (χ2n) is 19.5. The fourth-order valence-electron chi connectivity index (χ4n) is 8.05. The van der Waals surface area contributed by atoms with Crippen molar-refractivity contribution in [2.75, 3.05) is 13.2 Å². The van der Waals surface area contributed by atoms with Crippen LogP contribution in [-0.4, -0.2) is 57.3 Å². The Bertz CT molecular complexity index is 2790. The number of esters is 2. The second kappa shape index (κ2) is 34.5. The molecule has 0 radical (unpaired) electrons. The molecule has 0 heterocycles. The lowest BCUT2D eigenvalue weighted by atomic mass is 10.1. The molecule has 0 amide bonds. The summed E-state index contributed by atoms with van der Waals surface area (Å²) in [6, 6.07) is 47.7. The van der Waals surface area contributed by atoms with Crippen LogP contribution in [0.1, 0.15) is 88.6 Å². The summed E-state index contributed by atoms with van der Waals surface area (Å²) in [6.07, 6.45) is 7.40. The molecular weight excluding hydrogens is 1080 g/mol. The number of rotatable bonds is 21. The molecule has 0 aliphatic heterocycles. The molecule has 2 fully saturated rings. The summed E-state index contributed by atoms with van der Waals surface area (Å²) in [6.45, 7) is 16.1. The first-order chi connectivity index (χ1) is 38.5. The average molecular weight is 1150 g/mol. The van der Waals surface area contributed by atoms with Crippen LogP contribution in [0.15, 0.2) is 171 Å². The largest absolute Gasteiger partial charge is 0.489 e. The van der Waals surface area contributed by atoms with E-state index in [-0.39, 0.29) is 62.4 Å². The maximum atomic E-state index is 11.9. The lowest BCUT2D eigenvalue weighted by Crippen LogP contribution is -2.20. The number of hydrogen-bond donors (Lipinski definition) is 3. The van der Waals surface area contributed by atoms with Gasteiger partial charge in [0.2, 0.25) is 5.90 Å². The molecule has 0 spiro atoms. The molecule has 6 aromatic carbocycles. The van der Waals surface area contributed by atoms with Crippen LogP contribution in [0.5, 0.6) is 17.2 Å². The van der Waals surface area contributed by atoms with Gasteiger partial charge in [0.15, 0.2) is 0 Å². The fraction of sp³-hybridized carbons (Fsp3) is 0.338. The SMILES string of the molecule is C=CCOC(=O)[C@H]1CC[C@H](O)C1.C=CCOC(=O)[C@H]1CC[C@H](OCc2ccc(OCc3ccc(C)cc3)cc2)C1.Cc1ccc(COc2ccc(CO)cc2)cc1.Cc1ccc(COc2ccc(COC(=N)C(Cl)(Cl)Cl)cc2)cc1. The zero-order valence-electron chi connectivity index (χ0n) is 45.8. The Labute approximate surface area is 486 Å². The number of carbonyl (C=O) groups excluding carboxylic acids is 2. The van der Waals surface area contributed by atoms with E-state index >= 15 is 0 Å². The smallest absolute Gasteiger partial charge is 0.309 e. The molecule has 0 aromatic heterocycles. The highest BCUT2D eigenvalue weighted by Crippen LogP contribution is 2.31. The van der Waals surface area contributed by atoms with Crippen LogP contribution in [0.4, 0.5) is 0 Å². The highest BCUT2D eigenvalue weighted by molar-refractivity contribution is 6.76. The lowest BCUT2D eigenvalue weighted by Gasteiger charge is -2.13. The zero-order valence-corrected chi connectivity index (χ0v) is 48.1. The van der Waals surface area contributed by atoms with Crippen LogP contribution in [-0.2, 0) is 68.2 Å². The maximum Gasteiger partial charge on any atom is 0.309 e. The molecule has 80 heavy (non-hydrogen) atoms. The van der Waals surface area contributed by atoms with Crippen LogP contribution >= 0.6 is 34.8 Å². The Hall–Kier alpha value is -6.64. The first-order valence-corrected chi connectivity index (χ1v) is 27.7. The number of carbonyl (C=O) groups is 2. The van der Waals surface area contributed by atoms with Crippen molar-refractivity contribution in [3.63, 3.8) is 0 Å². The third-order valence-electron chi connectivity index (χ3n) is 12.8. The standard InChI is InChI=1S/C24H28O4.C17H16Cl3NO2.C15H16O2.C9H14O3/c1-3-14-26-24(25)21-10-13-23(15-21)28-17-20-8-11-22(12-9-20)27-16-19-6-4-18(2)5-7-19;1-12-2-4-13(5-3-12)10-22-15-8-6-14(7-9-15)11-23-16(21)17(18,19)20;1-12-2-4-14(5-3-12)11-17-15-8-6-13(10-16)7-9-15;1-2-5-12-9(11)7-3-4-8(10)6-7/h3-9,11-12,21,23H,1,10,13-17H2,2H3;2-9,21H,10-11H2,1H3;2-9,16H,10-11H2,1H3;2,7-8,10H,1,3-6H2/t21-,23-;;;7-,8-/m0..0/s1. The van der Waals surface area contributed by atoms with E-state index in [2.05, 4.69) is 87.7 Å². The Balaban J connectivity index is 0.000000204. The Morgan fingerprint density at radius 2 is 0.863 bits per heavy atom. The number of alkyl halides is 3. The minimum absolute atomic E-state index is 0.0532. The number of nitrogens with one attached hydrogen (secondary N) is 1. The summed E-state index contributed by atoms with van der Waals surface area (Å²) in [5.74, 6) is 1.53. The molecule has 426 valence electrons. The molecular formula is C65H74Cl3NO11. The lowest BCUT2D eigenvalue weighted by molar-refractivity contribution is -0.148. The maximum absolute atomic E-state index is 11.9. The van der Waals surface area contributed by atoms with Crippen molar-refractivity contribution < 1.29 is 53.0 Å². The van der Waals surface area contributed by atoms with E-state index in [4.69, 9.17) is 83.6 Å². The Kier molecular flexibility index (Phi) is 27.7. The minimum atomic E-state index is -1.84. The number of aliphatic hydroxyl groups excluding tert-OH is 2. The molecule has 8 rings (SSSR count). The van der Waals surface area contributed by atoms with Crippen LogP contribution in [0, 0.1) is 38.0 Å². The van der Waals surface area contributed by atoms with E-state index in [0.29, 0.717) is 39.3 Å². The molecule has 12 nitrogen and oxygen atoms in total. The van der Waals surface area contributed by atoms with Crippen molar-refractivity contribution in [1.82, 2.24) is 0 Å². The normalized spacial score (nSPS) is 16.1. The van der Waals surface area contributed by atoms with Crippen molar-refractivity contribution in [3.05, 3.63) is 221 Å². The van der Waals surface area contributed by atoms with Gasteiger partial charge in [0.05, 0.1) is 37.3 Å². The summed E-state index contributed by atoms with van der Waals surface area (Å²) < 4.78 is 36.5. The van der Waals surface area contributed by atoms with Crippen molar-refractivity contribution in [1.29, 1.82) is 5.41 Å². The highest BCUT2D eigenvalue weighted by atomic mass is 35.6. The molecule has 0 unspecified atom stereocenters. The third kappa shape index (κ3) is 24.4. The van der Waals surface area contributed by atoms with Gasteiger partial charge in [-0.1, -0.05) is 186 Å². The van der Waals surface area contributed by atoms with E-state index in [0.717, 1.165) is 76.3 Å². The summed E-state index contributed by atoms with van der Waals surface area (Å²) in [5.41, 5.74) is 9.98. The summed E-state index contributed by atoms with van der Waals surface area (Å²) in [5, 5.41) is 25.5. The predicted molar refractivity (Wildman–Crippen MR) is 316 cm³/mol. The molecule has 2 aliphatic carbocycles. The van der Waals surface area contributed by atoms with Crippen molar-refractivity contribution in [3.8, 4) is 17.2 Å². The second-order valence-corrected chi connectivity index (χ2v) is 21.8. The topological polar surface area (TPSA) is 163 Å². The van der Waals surface area contributed by atoms with E-state index in [9.17, 15) is 9.59 Å². The van der Waals surface area contributed by atoms with Crippen molar-refractivity contribution in [2.24, 2.45) is 11.8 Å². The minimum Gasteiger partial charge on any atom is -0.489 e. The third-order valence-corrected chi connectivity index (χ3v) is 13.3. The van der Waals surface area contributed by atoms with E-state index in [1.165, 1.54) is 16.7 Å². The van der Waals surface area contributed by atoms with Gasteiger partial charge in [0.1, 0.15) is 56.9 Å². The average Bonchev–Trinajstić information content (AvgIpc) is 4.15. The monoisotopic (exact) mass is 1150 g/mol. The van der Waals surface area contributed by atoms with Crippen LogP contribution in [0.2, 0.25) is 0 Å². The van der Waals surface area contributed by atoms with Gasteiger partial charge in [0, 0.05) is 0 Å². The Morgan fingerprint density at radius 1 is 0.512 bits per heavy atom. The van der Waals surface area contributed by atoms with Gasteiger partial charge in [-0.15, -0.1) is 0 Å². The van der Waals surface area contributed by atoms with Gasteiger partial charge in [-0.3, -0.25) is 15.0 Å². The summed E-state index contributed by atoms with van der Waals surface area (Å²) in [7, 11) is 0. The summed E-state index contributed by atoms with van der Waals surface area (Å²) >= 11 is 16.6. The van der Waals surface area contributed by atoms with Gasteiger partial charge in [-0.2, -0.15) is 0 Å². The first kappa shape index (κ1) is 64.2. The zero-order chi connectivity index (χ0) is 57.7. The molecule has 2 saturated carbocycles. The quantitative estimate of drug-likeness (QED) is 0.0207. The number of ether oxygens (including phenoxy) is 7. The molecule has 15 heteroatoms. The number of aryl methyl sites for hydroxylation is 3.